The van der Waals surface area contributed by atoms with Crippen LogP contribution in [-0.4, -0.2) is 30.2 Å². The minimum atomic E-state index is -0.166. The van der Waals surface area contributed by atoms with Gasteiger partial charge in [-0.3, -0.25) is 4.79 Å². The number of ketones is 1. The Morgan fingerprint density at radius 3 is 2.62 bits per heavy atom. The van der Waals surface area contributed by atoms with Gasteiger partial charge in [-0.15, -0.1) is 0 Å². The van der Waals surface area contributed by atoms with Gasteiger partial charge >= 0.3 is 0 Å². The molecule has 2 aromatic carbocycles. The van der Waals surface area contributed by atoms with Crippen molar-refractivity contribution < 1.29 is 14.3 Å². The summed E-state index contributed by atoms with van der Waals surface area (Å²) >= 11 is 3.48. The summed E-state index contributed by atoms with van der Waals surface area (Å²) in [6, 6.07) is 15.8. The summed E-state index contributed by atoms with van der Waals surface area (Å²) in [6.45, 7) is 1.68. The van der Waals surface area contributed by atoms with Crippen LogP contribution >= 0.6 is 15.9 Å². The molecule has 0 spiro atoms. The molecule has 130 valence electrons. The highest BCUT2D eigenvalue weighted by Crippen LogP contribution is 2.42. The Morgan fingerprint density at radius 1 is 1.04 bits per heavy atom. The zero-order chi connectivity index (χ0) is 17.7. The lowest BCUT2D eigenvalue weighted by molar-refractivity contribution is -0.0899. The normalized spacial score (nSPS) is 18.7. The molecule has 2 aliphatic heterocycles. The van der Waals surface area contributed by atoms with E-state index in [1.165, 1.54) is 0 Å². The monoisotopic (exact) mass is 409 g/mol. The molecule has 1 saturated heterocycles. The number of carbonyl (C=O) groups is 1. The van der Waals surface area contributed by atoms with Crippen molar-refractivity contribution in [1.82, 2.24) is 4.57 Å². The molecule has 1 aromatic heterocycles. The summed E-state index contributed by atoms with van der Waals surface area (Å²) < 4.78 is 14.6. The van der Waals surface area contributed by atoms with Gasteiger partial charge in [-0.05, 0) is 29.8 Å². The van der Waals surface area contributed by atoms with Crippen molar-refractivity contribution in [2.24, 2.45) is 0 Å². The average molecular weight is 410 g/mol. The maximum absolute atomic E-state index is 13.1. The lowest BCUT2D eigenvalue weighted by Crippen LogP contribution is -2.22. The van der Waals surface area contributed by atoms with E-state index in [0.29, 0.717) is 25.5 Å². The van der Waals surface area contributed by atoms with Crippen LogP contribution in [0, 0.1) is 0 Å². The van der Waals surface area contributed by atoms with Crippen LogP contribution in [0.2, 0.25) is 0 Å². The first kappa shape index (κ1) is 16.0. The minimum absolute atomic E-state index is 0.0569. The van der Waals surface area contributed by atoms with Gasteiger partial charge in [-0.1, -0.05) is 40.2 Å². The topological polar surface area (TPSA) is 40.5 Å². The third kappa shape index (κ3) is 2.39. The van der Waals surface area contributed by atoms with Gasteiger partial charge in [0.25, 0.3) is 0 Å². The summed E-state index contributed by atoms with van der Waals surface area (Å²) in [5, 5.41) is 0. The Kier molecular flexibility index (Phi) is 3.81. The molecule has 5 heteroatoms. The SMILES string of the molecule is O=C1c2ccccc2-n2cc(C3COCCO3)c(-c3ccc(Br)cc3)c21. The number of fused-ring (bicyclic) bond motifs is 3. The zero-order valence-electron chi connectivity index (χ0n) is 13.9. The molecule has 26 heavy (non-hydrogen) atoms. The number of carbonyl (C=O) groups excluding carboxylic acids is 1. The highest BCUT2D eigenvalue weighted by atomic mass is 79.9. The van der Waals surface area contributed by atoms with E-state index in [4.69, 9.17) is 9.47 Å². The van der Waals surface area contributed by atoms with Crippen LogP contribution in [0.4, 0.5) is 0 Å². The number of rotatable bonds is 2. The van der Waals surface area contributed by atoms with Crippen molar-refractivity contribution in [3.05, 3.63) is 76.0 Å². The fourth-order valence-corrected chi connectivity index (χ4v) is 4.04. The number of halogens is 1. The molecule has 1 fully saturated rings. The second-order valence-electron chi connectivity index (χ2n) is 6.47. The second-order valence-corrected chi connectivity index (χ2v) is 7.38. The van der Waals surface area contributed by atoms with E-state index in [1.54, 1.807) is 0 Å². The Balaban J connectivity index is 1.75. The molecule has 3 aromatic rings. The van der Waals surface area contributed by atoms with E-state index in [0.717, 1.165) is 32.4 Å². The van der Waals surface area contributed by atoms with Crippen molar-refractivity contribution in [3.63, 3.8) is 0 Å². The summed E-state index contributed by atoms with van der Waals surface area (Å²) in [7, 11) is 0. The van der Waals surface area contributed by atoms with Crippen molar-refractivity contribution >= 4 is 21.7 Å². The summed E-state index contributed by atoms with van der Waals surface area (Å²) in [5.74, 6) is 0.0569. The molecule has 2 aliphatic rings. The molecule has 0 bridgehead atoms. The van der Waals surface area contributed by atoms with Gasteiger partial charge in [0, 0.05) is 27.4 Å². The fraction of sp³-hybridized carbons (Fsp3) is 0.190. The number of ether oxygens (including phenoxy) is 2. The first-order valence-electron chi connectivity index (χ1n) is 8.58. The van der Waals surface area contributed by atoms with Crippen molar-refractivity contribution in [2.75, 3.05) is 19.8 Å². The predicted molar refractivity (Wildman–Crippen MR) is 102 cm³/mol. The lowest BCUT2D eigenvalue weighted by Gasteiger charge is -2.23. The quantitative estimate of drug-likeness (QED) is 0.487. The van der Waals surface area contributed by atoms with E-state index >= 15 is 0 Å². The first-order valence-corrected chi connectivity index (χ1v) is 9.38. The molecule has 5 rings (SSSR count). The maximum Gasteiger partial charge on any atom is 0.212 e. The van der Waals surface area contributed by atoms with Crippen LogP contribution in [0.25, 0.3) is 16.8 Å². The van der Waals surface area contributed by atoms with E-state index in [2.05, 4.69) is 15.9 Å². The number of aromatic nitrogens is 1. The Labute approximate surface area is 159 Å². The summed E-state index contributed by atoms with van der Waals surface area (Å²) in [5.41, 5.74) is 5.33. The number of hydrogen-bond acceptors (Lipinski definition) is 3. The van der Waals surface area contributed by atoms with Gasteiger partial charge in [0.1, 0.15) is 11.8 Å². The van der Waals surface area contributed by atoms with Crippen LogP contribution in [0.15, 0.2) is 59.2 Å². The van der Waals surface area contributed by atoms with Crippen molar-refractivity contribution in [1.29, 1.82) is 0 Å². The minimum Gasteiger partial charge on any atom is -0.376 e. The highest BCUT2D eigenvalue weighted by molar-refractivity contribution is 9.10. The average Bonchev–Trinajstić information content (AvgIpc) is 3.20. The second kappa shape index (κ2) is 6.20. The molecule has 0 saturated carbocycles. The lowest BCUT2D eigenvalue weighted by atomic mass is 9.95. The number of hydrogen-bond donors (Lipinski definition) is 0. The van der Waals surface area contributed by atoms with Crippen molar-refractivity contribution in [2.45, 2.75) is 6.10 Å². The molecule has 0 N–H and O–H groups in total. The molecule has 0 radical (unpaired) electrons. The standard InChI is InChI=1S/C21H16BrNO3/c22-14-7-5-13(6-8-14)19-16(18-12-25-9-10-26-18)11-23-17-4-2-1-3-15(17)21(24)20(19)23/h1-8,11,18H,9-10,12H2. The van der Waals surface area contributed by atoms with Gasteiger partial charge in [0.05, 0.1) is 25.5 Å². The fourth-order valence-electron chi connectivity index (χ4n) is 3.77. The Morgan fingerprint density at radius 2 is 1.85 bits per heavy atom. The third-order valence-corrected chi connectivity index (χ3v) is 5.48. The molecule has 1 unspecified atom stereocenters. The van der Waals surface area contributed by atoms with Gasteiger partial charge in [0.2, 0.25) is 5.78 Å². The number of benzene rings is 2. The van der Waals surface area contributed by atoms with Crippen LogP contribution < -0.4 is 0 Å². The van der Waals surface area contributed by atoms with E-state index in [-0.39, 0.29) is 11.9 Å². The van der Waals surface area contributed by atoms with Crippen LogP contribution in [0.5, 0.6) is 0 Å². The molecular formula is C21H16BrNO3. The Hall–Kier alpha value is -2.21. The molecule has 0 amide bonds. The van der Waals surface area contributed by atoms with E-state index < -0.39 is 0 Å². The van der Waals surface area contributed by atoms with Gasteiger partial charge in [0.15, 0.2) is 0 Å². The largest absolute Gasteiger partial charge is 0.376 e. The van der Waals surface area contributed by atoms with Crippen LogP contribution in [-0.2, 0) is 9.47 Å². The van der Waals surface area contributed by atoms with E-state index in [9.17, 15) is 4.79 Å². The van der Waals surface area contributed by atoms with Crippen molar-refractivity contribution in [3.8, 4) is 16.8 Å². The van der Waals surface area contributed by atoms with Crippen LogP contribution in [0.3, 0.4) is 0 Å². The highest BCUT2D eigenvalue weighted by Gasteiger charge is 2.35. The smallest absolute Gasteiger partial charge is 0.212 e. The predicted octanol–water partition coefficient (Wildman–Crippen LogP) is 4.54. The molecule has 1 atom stereocenters. The molecule has 3 heterocycles. The third-order valence-electron chi connectivity index (χ3n) is 4.95. The summed E-state index contributed by atoms with van der Waals surface area (Å²) in [6.07, 6.45) is 1.87. The van der Waals surface area contributed by atoms with E-state index in [1.807, 2.05) is 59.3 Å². The van der Waals surface area contributed by atoms with Gasteiger partial charge < -0.3 is 14.0 Å². The number of para-hydroxylation sites is 1. The maximum atomic E-state index is 13.1. The Bertz CT molecular complexity index is 1000. The van der Waals surface area contributed by atoms with Gasteiger partial charge in [-0.25, -0.2) is 0 Å². The zero-order valence-corrected chi connectivity index (χ0v) is 15.5. The van der Waals surface area contributed by atoms with Gasteiger partial charge in [-0.2, -0.15) is 0 Å². The number of nitrogens with zero attached hydrogens (tertiary/aromatic N) is 1. The first-order chi connectivity index (χ1) is 12.7. The van der Waals surface area contributed by atoms with Crippen LogP contribution in [0.1, 0.15) is 27.7 Å². The molecule has 4 nitrogen and oxygen atoms in total. The molecule has 0 aliphatic carbocycles. The summed E-state index contributed by atoms with van der Waals surface area (Å²) in [4.78, 5) is 13.1. The molecular weight excluding hydrogens is 394 g/mol.